The van der Waals surface area contributed by atoms with Crippen LogP contribution in [0.15, 0.2) is 0 Å². The molecule has 0 heterocycles. The molecule has 3 atom stereocenters. The Labute approximate surface area is 176 Å². The molecule has 0 spiro atoms. The predicted molar refractivity (Wildman–Crippen MR) is 106 cm³/mol. The number of carboxylic acids is 2. The maximum Gasteiger partial charge on any atom is 0.326 e. The first kappa shape index (κ1) is 27.1. The maximum atomic E-state index is 12.3. The maximum absolute atomic E-state index is 12.3. The van der Waals surface area contributed by atoms with E-state index < -0.39 is 73.1 Å². The Morgan fingerprint density at radius 2 is 1.60 bits per heavy atom. The first-order chi connectivity index (χ1) is 14.0. The van der Waals surface area contributed by atoms with Crippen LogP contribution in [0, 0.1) is 0 Å². The minimum absolute atomic E-state index is 0.208. The lowest BCUT2D eigenvalue weighted by Crippen LogP contribution is -2.54. The molecule has 0 saturated heterocycles. The smallest absolute Gasteiger partial charge is 0.326 e. The van der Waals surface area contributed by atoms with Crippen molar-refractivity contribution in [3.63, 3.8) is 0 Å². The second-order valence-corrected chi connectivity index (χ2v) is 7.21. The summed E-state index contributed by atoms with van der Waals surface area (Å²) in [5.41, 5.74) is 10.5. The molecule has 13 nitrogen and oxygen atoms in total. The molecule has 0 radical (unpaired) electrons. The summed E-state index contributed by atoms with van der Waals surface area (Å²) in [5, 5.41) is 24.4. The highest BCUT2D eigenvalue weighted by molar-refractivity contribution is 7.98. The van der Waals surface area contributed by atoms with Crippen LogP contribution >= 0.6 is 11.8 Å². The van der Waals surface area contributed by atoms with E-state index in [1.807, 2.05) is 0 Å². The summed E-state index contributed by atoms with van der Waals surface area (Å²) < 4.78 is 0. The number of thioether (sulfide) groups is 1. The first-order valence-electron chi connectivity index (χ1n) is 8.82. The Morgan fingerprint density at radius 3 is 2.10 bits per heavy atom. The third-order valence-corrected chi connectivity index (χ3v) is 4.35. The van der Waals surface area contributed by atoms with Gasteiger partial charge in [0.25, 0.3) is 0 Å². The zero-order chi connectivity index (χ0) is 23.3. The number of carbonyl (C=O) groups is 6. The van der Waals surface area contributed by atoms with Gasteiger partial charge in [-0.3, -0.25) is 24.0 Å². The lowest BCUT2D eigenvalue weighted by molar-refractivity contribution is -0.143. The highest BCUT2D eigenvalue weighted by Crippen LogP contribution is 2.02. The van der Waals surface area contributed by atoms with Crippen LogP contribution in [0.4, 0.5) is 0 Å². The molecule has 0 aliphatic rings. The molecule has 0 aromatic rings. The van der Waals surface area contributed by atoms with Gasteiger partial charge < -0.3 is 37.6 Å². The van der Waals surface area contributed by atoms with E-state index in [4.69, 9.17) is 21.7 Å². The van der Waals surface area contributed by atoms with Crippen LogP contribution in [0.5, 0.6) is 0 Å². The lowest BCUT2D eigenvalue weighted by Gasteiger charge is -2.20. The number of carbonyl (C=O) groups excluding carboxylic acids is 4. The van der Waals surface area contributed by atoms with Crippen LogP contribution in [0.25, 0.3) is 0 Å². The fourth-order valence-corrected chi connectivity index (χ4v) is 2.63. The molecule has 4 amide bonds. The average molecular weight is 449 g/mol. The number of nitrogens with two attached hydrogens (primary N) is 2. The SMILES string of the molecule is CSCCC(NC(=O)C(N)CC(N)=O)C(=O)NCC(=O)NC(CCC(=O)O)C(=O)O. The molecule has 0 saturated carbocycles. The predicted octanol–water partition coefficient (Wildman–Crippen LogP) is -3.02. The second kappa shape index (κ2) is 14.2. The number of rotatable bonds is 15. The van der Waals surface area contributed by atoms with Crippen molar-refractivity contribution in [3.05, 3.63) is 0 Å². The number of hydrogen-bond donors (Lipinski definition) is 7. The van der Waals surface area contributed by atoms with Gasteiger partial charge in [0.1, 0.15) is 12.1 Å². The van der Waals surface area contributed by atoms with Gasteiger partial charge in [-0.15, -0.1) is 0 Å². The number of aliphatic carboxylic acids is 2. The fraction of sp³-hybridized carbons (Fsp3) is 0.625. The Bertz CT molecular complexity index is 660. The largest absolute Gasteiger partial charge is 0.481 e. The average Bonchev–Trinajstić information content (AvgIpc) is 2.65. The molecule has 0 aliphatic carbocycles. The van der Waals surface area contributed by atoms with Crippen LogP contribution in [0.2, 0.25) is 0 Å². The van der Waals surface area contributed by atoms with Crippen molar-refractivity contribution in [3.8, 4) is 0 Å². The highest BCUT2D eigenvalue weighted by atomic mass is 32.2. The fourth-order valence-electron chi connectivity index (χ4n) is 2.15. The monoisotopic (exact) mass is 449 g/mol. The zero-order valence-electron chi connectivity index (χ0n) is 16.4. The molecule has 170 valence electrons. The Kier molecular flexibility index (Phi) is 12.8. The minimum Gasteiger partial charge on any atom is -0.481 e. The van der Waals surface area contributed by atoms with E-state index in [1.54, 1.807) is 6.26 Å². The molecule has 0 aromatic carbocycles. The summed E-state index contributed by atoms with van der Waals surface area (Å²) >= 11 is 1.41. The van der Waals surface area contributed by atoms with E-state index in [-0.39, 0.29) is 12.8 Å². The van der Waals surface area contributed by atoms with Gasteiger partial charge >= 0.3 is 11.9 Å². The van der Waals surface area contributed by atoms with Gasteiger partial charge in [-0.25, -0.2) is 4.79 Å². The third-order valence-electron chi connectivity index (χ3n) is 3.70. The Hall–Kier alpha value is -2.87. The van der Waals surface area contributed by atoms with Crippen molar-refractivity contribution in [1.29, 1.82) is 0 Å². The van der Waals surface area contributed by atoms with Crippen molar-refractivity contribution in [2.75, 3.05) is 18.6 Å². The summed E-state index contributed by atoms with van der Waals surface area (Å²) in [6.45, 7) is -0.589. The van der Waals surface area contributed by atoms with Gasteiger partial charge in [-0.05, 0) is 24.9 Å². The molecule has 0 fully saturated rings. The summed E-state index contributed by atoms with van der Waals surface area (Å²) in [7, 11) is 0. The zero-order valence-corrected chi connectivity index (χ0v) is 17.2. The van der Waals surface area contributed by atoms with Crippen LogP contribution < -0.4 is 27.4 Å². The quantitative estimate of drug-likeness (QED) is 0.134. The van der Waals surface area contributed by atoms with Crippen LogP contribution in [0.3, 0.4) is 0 Å². The van der Waals surface area contributed by atoms with E-state index in [1.165, 1.54) is 11.8 Å². The lowest BCUT2D eigenvalue weighted by atomic mass is 10.1. The molecule has 0 aromatic heterocycles. The van der Waals surface area contributed by atoms with Gasteiger partial charge in [-0.2, -0.15) is 11.8 Å². The topological polar surface area (TPSA) is 231 Å². The van der Waals surface area contributed by atoms with E-state index in [0.717, 1.165) is 0 Å². The van der Waals surface area contributed by atoms with Gasteiger partial charge in [0.15, 0.2) is 0 Å². The molecule has 0 aliphatic heterocycles. The van der Waals surface area contributed by atoms with Crippen molar-refractivity contribution in [2.24, 2.45) is 11.5 Å². The number of hydrogen-bond acceptors (Lipinski definition) is 8. The second-order valence-electron chi connectivity index (χ2n) is 6.23. The van der Waals surface area contributed by atoms with Gasteiger partial charge in [-0.1, -0.05) is 0 Å². The number of nitrogens with one attached hydrogen (secondary N) is 3. The molecule has 3 unspecified atom stereocenters. The first-order valence-corrected chi connectivity index (χ1v) is 10.2. The summed E-state index contributed by atoms with van der Waals surface area (Å²) in [5.74, 6) is -5.24. The summed E-state index contributed by atoms with van der Waals surface area (Å²) in [4.78, 5) is 68.7. The standard InChI is InChI=1S/C16H27N5O8S/c1-30-5-4-9(21-14(26)8(17)6-11(18)22)15(27)19-7-12(23)20-10(16(28)29)2-3-13(24)25/h8-10H,2-7,17H2,1H3,(H2,18,22)(H,19,27)(H,20,23)(H,21,26)(H,24,25)(H,28,29). The third kappa shape index (κ3) is 11.9. The van der Waals surface area contributed by atoms with Crippen molar-refractivity contribution < 1.29 is 39.0 Å². The molecule has 0 bridgehead atoms. The minimum atomic E-state index is -1.43. The van der Waals surface area contributed by atoms with Crippen molar-refractivity contribution in [2.45, 2.75) is 43.8 Å². The van der Waals surface area contributed by atoms with Gasteiger partial charge in [0, 0.05) is 6.42 Å². The summed E-state index contributed by atoms with van der Waals surface area (Å²) in [6, 6.07) is -3.70. The van der Waals surface area contributed by atoms with E-state index in [9.17, 15) is 28.8 Å². The molecule has 9 N–H and O–H groups in total. The van der Waals surface area contributed by atoms with E-state index in [2.05, 4.69) is 16.0 Å². The Balaban J connectivity index is 4.80. The summed E-state index contributed by atoms with van der Waals surface area (Å²) in [6.07, 6.45) is 0.802. The van der Waals surface area contributed by atoms with Gasteiger partial charge in [0.2, 0.25) is 23.6 Å². The van der Waals surface area contributed by atoms with Gasteiger partial charge in [0.05, 0.1) is 19.0 Å². The molecule has 30 heavy (non-hydrogen) atoms. The molecule has 0 rings (SSSR count). The van der Waals surface area contributed by atoms with Crippen molar-refractivity contribution in [1.82, 2.24) is 16.0 Å². The van der Waals surface area contributed by atoms with Crippen LogP contribution in [0.1, 0.15) is 25.7 Å². The van der Waals surface area contributed by atoms with E-state index in [0.29, 0.717) is 5.75 Å². The molecule has 14 heteroatoms. The Morgan fingerprint density at radius 1 is 0.967 bits per heavy atom. The highest BCUT2D eigenvalue weighted by Gasteiger charge is 2.25. The van der Waals surface area contributed by atoms with Crippen LogP contribution in [-0.2, 0) is 28.8 Å². The number of carboxylic acid groups (broad SMARTS) is 2. The number of amides is 4. The molecular formula is C16H27N5O8S. The van der Waals surface area contributed by atoms with Crippen molar-refractivity contribution >= 4 is 47.3 Å². The van der Waals surface area contributed by atoms with E-state index >= 15 is 0 Å². The molecular weight excluding hydrogens is 422 g/mol. The van der Waals surface area contributed by atoms with Crippen LogP contribution in [-0.4, -0.2) is 82.5 Å². The number of primary amides is 1. The normalized spacial score (nSPS) is 13.4.